The van der Waals surface area contributed by atoms with E-state index in [-0.39, 0.29) is 5.97 Å². The lowest BCUT2D eigenvalue weighted by Crippen LogP contribution is -2.38. The number of carbonyl (C=O) groups is 2. The van der Waals surface area contributed by atoms with Gasteiger partial charge in [0.15, 0.2) is 0 Å². The Labute approximate surface area is 121 Å². The predicted molar refractivity (Wildman–Crippen MR) is 79.3 cm³/mol. The second-order valence-electron chi connectivity index (χ2n) is 6.71. The highest BCUT2D eigenvalue weighted by atomic mass is 16.6. The fourth-order valence-electron chi connectivity index (χ4n) is 1.95. The molecule has 0 saturated carbocycles. The third kappa shape index (κ3) is 4.80. The molecular weight excluding hydrogens is 252 g/mol. The number of ether oxygens (including phenoxy) is 1. The van der Waals surface area contributed by atoms with Crippen molar-refractivity contribution in [2.45, 2.75) is 46.6 Å². The second-order valence-corrected chi connectivity index (χ2v) is 6.71. The fourth-order valence-corrected chi connectivity index (χ4v) is 1.95. The lowest BCUT2D eigenvalue weighted by Gasteiger charge is -2.31. The third-order valence-corrected chi connectivity index (χ3v) is 3.18. The van der Waals surface area contributed by atoms with Gasteiger partial charge < -0.3 is 9.53 Å². The predicted octanol–water partition coefficient (Wildman–Crippen LogP) is 3.41. The summed E-state index contributed by atoms with van der Waals surface area (Å²) >= 11 is 0. The minimum absolute atomic E-state index is 0.321. The van der Waals surface area contributed by atoms with Gasteiger partial charge in [0.25, 0.3) is 0 Å². The topological polar surface area (TPSA) is 43.4 Å². The summed E-state index contributed by atoms with van der Waals surface area (Å²) in [5, 5.41) is 0. The van der Waals surface area contributed by atoms with Crippen molar-refractivity contribution < 1.29 is 14.3 Å². The Morgan fingerprint density at radius 2 is 1.70 bits per heavy atom. The maximum Gasteiger partial charge on any atom is 0.310 e. The average Bonchev–Trinajstić information content (AvgIpc) is 2.35. The van der Waals surface area contributed by atoms with Crippen LogP contribution in [0.4, 0.5) is 0 Å². The standard InChI is InChI=1S/C17H24O3/c1-16(2,3)20-15(19)14(17(4,5)12-18)11-13-9-7-6-8-10-13/h6-10,12,14H,11H2,1-5H3. The molecule has 0 aliphatic carbocycles. The summed E-state index contributed by atoms with van der Waals surface area (Å²) in [5.74, 6) is -0.805. The van der Waals surface area contributed by atoms with Crippen molar-refractivity contribution in [1.82, 2.24) is 0 Å². The summed E-state index contributed by atoms with van der Waals surface area (Å²) in [5.41, 5.74) is -0.276. The van der Waals surface area contributed by atoms with Gasteiger partial charge in [-0.1, -0.05) is 44.2 Å². The molecule has 0 fully saturated rings. The van der Waals surface area contributed by atoms with E-state index in [4.69, 9.17) is 4.74 Å². The maximum absolute atomic E-state index is 12.4. The Balaban J connectivity index is 2.98. The van der Waals surface area contributed by atoms with Crippen molar-refractivity contribution >= 4 is 12.3 Å². The molecule has 1 atom stereocenters. The molecule has 0 aliphatic heterocycles. The van der Waals surface area contributed by atoms with Gasteiger partial charge in [0.2, 0.25) is 0 Å². The Kier molecular flexibility index (Phi) is 5.09. The molecule has 110 valence electrons. The number of aldehydes is 1. The van der Waals surface area contributed by atoms with Crippen LogP contribution in [0.2, 0.25) is 0 Å². The summed E-state index contributed by atoms with van der Waals surface area (Å²) in [6.07, 6.45) is 1.34. The fraction of sp³-hybridized carbons (Fsp3) is 0.529. The minimum Gasteiger partial charge on any atom is -0.460 e. The van der Waals surface area contributed by atoms with E-state index in [9.17, 15) is 9.59 Å². The minimum atomic E-state index is -0.752. The van der Waals surface area contributed by atoms with Crippen LogP contribution in [0.15, 0.2) is 30.3 Å². The molecule has 3 nitrogen and oxygen atoms in total. The number of hydrogen-bond donors (Lipinski definition) is 0. The van der Waals surface area contributed by atoms with Crippen LogP contribution in [0.1, 0.15) is 40.2 Å². The Morgan fingerprint density at radius 3 is 2.15 bits per heavy atom. The van der Waals surface area contributed by atoms with E-state index in [0.717, 1.165) is 11.8 Å². The zero-order chi connectivity index (χ0) is 15.4. The zero-order valence-corrected chi connectivity index (χ0v) is 13.0. The van der Waals surface area contributed by atoms with Gasteiger partial charge in [-0.2, -0.15) is 0 Å². The summed E-state index contributed by atoms with van der Waals surface area (Å²) in [6, 6.07) is 9.69. The summed E-state index contributed by atoms with van der Waals surface area (Å²) in [4.78, 5) is 23.7. The van der Waals surface area contributed by atoms with Crippen LogP contribution in [0.5, 0.6) is 0 Å². The van der Waals surface area contributed by atoms with Gasteiger partial charge in [-0.05, 0) is 32.8 Å². The van der Waals surface area contributed by atoms with E-state index >= 15 is 0 Å². The van der Waals surface area contributed by atoms with E-state index in [1.807, 2.05) is 51.1 Å². The molecular formula is C17H24O3. The largest absolute Gasteiger partial charge is 0.460 e. The van der Waals surface area contributed by atoms with Gasteiger partial charge in [-0.25, -0.2) is 0 Å². The van der Waals surface area contributed by atoms with Crippen LogP contribution < -0.4 is 0 Å². The SMILES string of the molecule is CC(C)(C)OC(=O)C(Cc1ccccc1)C(C)(C)C=O. The number of benzene rings is 1. The van der Waals surface area contributed by atoms with Crippen LogP contribution in [-0.4, -0.2) is 17.9 Å². The molecule has 3 heteroatoms. The van der Waals surface area contributed by atoms with E-state index < -0.39 is 16.9 Å². The molecule has 0 amide bonds. The summed E-state index contributed by atoms with van der Waals surface area (Å²) in [7, 11) is 0. The lowest BCUT2D eigenvalue weighted by atomic mass is 9.76. The first-order valence-corrected chi connectivity index (χ1v) is 6.89. The van der Waals surface area contributed by atoms with E-state index in [2.05, 4.69) is 0 Å². The molecule has 1 aromatic rings. The number of rotatable bonds is 5. The molecule has 0 spiro atoms. The van der Waals surface area contributed by atoms with Gasteiger partial charge in [0, 0.05) is 5.41 Å². The van der Waals surface area contributed by atoms with Gasteiger partial charge in [-0.3, -0.25) is 4.79 Å². The highest BCUT2D eigenvalue weighted by Gasteiger charge is 2.37. The van der Waals surface area contributed by atoms with Gasteiger partial charge >= 0.3 is 5.97 Å². The van der Waals surface area contributed by atoms with Crippen LogP contribution in [0.3, 0.4) is 0 Å². The molecule has 0 aliphatic rings. The Bertz CT molecular complexity index is 455. The van der Waals surface area contributed by atoms with Crippen molar-refractivity contribution in [1.29, 1.82) is 0 Å². The maximum atomic E-state index is 12.4. The lowest BCUT2D eigenvalue weighted by molar-refractivity contribution is -0.165. The number of esters is 1. The van der Waals surface area contributed by atoms with Gasteiger partial charge in [-0.15, -0.1) is 0 Å². The monoisotopic (exact) mass is 276 g/mol. The molecule has 0 saturated heterocycles. The zero-order valence-electron chi connectivity index (χ0n) is 13.0. The van der Waals surface area contributed by atoms with Crippen LogP contribution >= 0.6 is 0 Å². The highest BCUT2D eigenvalue weighted by Crippen LogP contribution is 2.30. The van der Waals surface area contributed by atoms with E-state index in [1.54, 1.807) is 13.8 Å². The van der Waals surface area contributed by atoms with Gasteiger partial charge in [0.1, 0.15) is 11.9 Å². The van der Waals surface area contributed by atoms with E-state index in [0.29, 0.717) is 6.42 Å². The van der Waals surface area contributed by atoms with E-state index in [1.165, 1.54) is 0 Å². The normalized spacial score (nSPS) is 13.7. The average molecular weight is 276 g/mol. The molecule has 0 bridgehead atoms. The number of carbonyl (C=O) groups excluding carboxylic acids is 2. The highest BCUT2D eigenvalue weighted by molar-refractivity contribution is 5.79. The molecule has 0 heterocycles. The van der Waals surface area contributed by atoms with Gasteiger partial charge in [0.05, 0.1) is 5.92 Å². The van der Waals surface area contributed by atoms with Crippen LogP contribution in [-0.2, 0) is 20.7 Å². The van der Waals surface area contributed by atoms with Crippen molar-refractivity contribution in [3.63, 3.8) is 0 Å². The molecule has 0 N–H and O–H groups in total. The molecule has 1 unspecified atom stereocenters. The smallest absolute Gasteiger partial charge is 0.310 e. The first-order valence-electron chi connectivity index (χ1n) is 6.89. The second kappa shape index (κ2) is 6.21. The summed E-state index contributed by atoms with van der Waals surface area (Å²) in [6.45, 7) is 9.05. The van der Waals surface area contributed by atoms with Crippen LogP contribution in [0.25, 0.3) is 0 Å². The molecule has 0 aromatic heterocycles. The Hall–Kier alpha value is -1.64. The van der Waals surface area contributed by atoms with Crippen molar-refractivity contribution in [3.8, 4) is 0 Å². The number of hydrogen-bond acceptors (Lipinski definition) is 3. The third-order valence-electron chi connectivity index (χ3n) is 3.18. The summed E-state index contributed by atoms with van der Waals surface area (Å²) < 4.78 is 5.46. The molecule has 1 rings (SSSR count). The quantitative estimate of drug-likeness (QED) is 0.611. The first-order chi connectivity index (χ1) is 9.15. The molecule has 1 aromatic carbocycles. The van der Waals surface area contributed by atoms with Crippen molar-refractivity contribution in [2.24, 2.45) is 11.3 Å². The first kappa shape index (κ1) is 16.4. The van der Waals surface area contributed by atoms with Crippen LogP contribution in [0, 0.1) is 11.3 Å². The molecule has 20 heavy (non-hydrogen) atoms. The van der Waals surface area contributed by atoms with Crippen molar-refractivity contribution in [3.05, 3.63) is 35.9 Å². The molecule has 0 radical (unpaired) electrons. The Morgan fingerprint density at radius 1 is 1.15 bits per heavy atom. The van der Waals surface area contributed by atoms with Crippen molar-refractivity contribution in [2.75, 3.05) is 0 Å².